The third-order valence-corrected chi connectivity index (χ3v) is 5.66. The first-order valence-electron chi connectivity index (χ1n) is 9.93. The Morgan fingerprint density at radius 3 is 2.47 bits per heavy atom. The van der Waals surface area contributed by atoms with Crippen molar-refractivity contribution >= 4 is 53.1 Å². The van der Waals surface area contributed by atoms with E-state index in [1.807, 2.05) is 36.9 Å². The number of methoxy groups -OCH3 is 1. The topological polar surface area (TPSA) is 58.1 Å². The minimum atomic E-state index is 0. The summed E-state index contributed by atoms with van der Waals surface area (Å²) in [5, 5.41) is 6.66. The zero-order chi connectivity index (χ0) is 20.5. The zero-order valence-corrected chi connectivity index (χ0v) is 21.0. The van der Waals surface area contributed by atoms with E-state index in [9.17, 15) is 0 Å². The van der Waals surface area contributed by atoms with Gasteiger partial charge >= 0.3 is 0 Å². The number of thioether (sulfide) groups is 1. The van der Waals surface area contributed by atoms with Crippen LogP contribution in [0.3, 0.4) is 0 Å². The summed E-state index contributed by atoms with van der Waals surface area (Å²) in [7, 11) is 3.40. The SMILES string of the molecule is CCOc1ccc(NC(=NC)NCc2ccc(N3CCSCC3)cc2)cc1OC.I. The number of guanidine groups is 1. The molecule has 1 heterocycles. The van der Waals surface area contributed by atoms with Gasteiger partial charge in [-0.15, -0.1) is 24.0 Å². The fourth-order valence-electron chi connectivity index (χ4n) is 3.17. The fourth-order valence-corrected chi connectivity index (χ4v) is 4.07. The van der Waals surface area contributed by atoms with Crippen molar-refractivity contribution in [2.24, 2.45) is 4.99 Å². The average molecular weight is 542 g/mol. The summed E-state index contributed by atoms with van der Waals surface area (Å²) < 4.78 is 11.0. The largest absolute Gasteiger partial charge is 0.493 e. The molecule has 0 saturated carbocycles. The van der Waals surface area contributed by atoms with Crippen molar-refractivity contribution in [1.82, 2.24) is 5.32 Å². The summed E-state index contributed by atoms with van der Waals surface area (Å²) in [6.45, 7) is 5.51. The molecule has 2 aromatic rings. The van der Waals surface area contributed by atoms with Crippen molar-refractivity contribution in [3.05, 3.63) is 48.0 Å². The van der Waals surface area contributed by atoms with Gasteiger partial charge in [0.25, 0.3) is 0 Å². The first-order valence-corrected chi connectivity index (χ1v) is 11.1. The van der Waals surface area contributed by atoms with Crippen LogP contribution in [-0.4, -0.2) is 51.3 Å². The van der Waals surface area contributed by atoms with E-state index in [4.69, 9.17) is 9.47 Å². The van der Waals surface area contributed by atoms with E-state index in [2.05, 4.69) is 44.8 Å². The maximum absolute atomic E-state index is 5.57. The number of benzene rings is 2. The Bertz CT molecular complexity index is 811. The summed E-state index contributed by atoms with van der Waals surface area (Å²) >= 11 is 2.03. The van der Waals surface area contributed by atoms with E-state index in [-0.39, 0.29) is 24.0 Å². The predicted octanol–water partition coefficient (Wildman–Crippen LogP) is 4.45. The number of nitrogens with one attached hydrogen (secondary N) is 2. The second-order valence-corrected chi connectivity index (χ2v) is 7.84. The fraction of sp³-hybridized carbons (Fsp3) is 0.409. The van der Waals surface area contributed by atoms with Crippen LogP contribution in [0.4, 0.5) is 11.4 Å². The van der Waals surface area contributed by atoms with Gasteiger partial charge in [0.05, 0.1) is 13.7 Å². The Balaban J connectivity index is 0.00000320. The van der Waals surface area contributed by atoms with Gasteiger partial charge in [0, 0.05) is 55.6 Å². The minimum Gasteiger partial charge on any atom is -0.493 e. The molecule has 2 N–H and O–H groups in total. The summed E-state index contributed by atoms with van der Waals surface area (Å²) in [6.07, 6.45) is 0. The van der Waals surface area contributed by atoms with Gasteiger partial charge in [0.15, 0.2) is 17.5 Å². The maximum Gasteiger partial charge on any atom is 0.195 e. The Hall–Kier alpha value is -1.81. The number of aliphatic imine (C=N–C) groups is 1. The molecular formula is C22H31IN4O2S. The highest BCUT2D eigenvalue weighted by Crippen LogP contribution is 2.30. The van der Waals surface area contributed by atoms with Gasteiger partial charge in [-0.3, -0.25) is 4.99 Å². The molecule has 0 spiro atoms. The van der Waals surface area contributed by atoms with E-state index in [0.717, 1.165) is 24.5 Å². The second kappa shape index (κ2) is 12.8. The number of halogens is 1. The first-order chi connectivity index (χ1) is 14.2. The molecule has 1 fully saturated rings. The van der Waals surface area contributed by atoms with Crippen LogP contribution in [0.2, 0.25) is 0 Å². The molecular weight excluding hydrogens is 511 g/mol. The monoisotopic (exact) mass is 542 g/mol. The molecule has 30 heavy (non-hydrogen) atoms. The molecule has 1 aliphatic rings. The van der Waals surface area contributed by atoms with Crippen LogP contribution in [0.1, 0.15) is 12.5 Å². The van der Waals surface area contributed by atoms with Gasteiger partial charge in [0.1, 0.15) is 0 Å². The molecule has 1 saturated heterocycles. The molecule has 1 aliphatic heterocycles. The molecule has 0 bridgehead atoms. The van der Waals surface area contributed by atoms with Crippen LogP contribution in [0.5, 0.6) is 11.5 Å². The van der Waals surface area contributed by atoms with Crippen LogP contribution in [-0.2, 0) is 6.54 Å². The number of hydrogen-bond donors (Lipinski definition) is 2. The van der Waals surface area contributed by atoms with Crippen LogP contribution in [0, 0.1) is 0 Å². The number of nitrogens with zero attached hydrogens (tertiary/aromatic N) is 2. The van der Waals surface area contributed by atoms with Gasteiger partial charge in [-0.25, -0.2) is 0 Å². The van der Waals surface area contributed by atoms with Crippen molar-refractivity contribution < 1.29 is 9.47 Å². The van der Waals surface area contributed by atoms with Crippen molar-refractivity contribution in [3.63, 3.8) is 0 Å². The van der Waals surface area contributed by atoms with Crippen molar-refractivity contribution in [3.8, 4) is 11.5 Å². The molecule has 0 atom stereocenters. The Morgan fingerprint density at radius 2 is 1.83 bits per heavy atom. The summed E-state index contributed by atoms with van der Waals surface area (Å²) in [4.78, 5) is 6.77. The highest BCUT2D eigenvalue weighted by atomic mass is 127. The van der Waals surface area contributed by atoms with E-state index < -0.39 is 0 Å². The summed E-state index contributed by atoms with van der Waals surface area (Å²) in [6, 6.07) is 14.5. The molecule has 0 aliphatic carbocycles. The highest BCUT2D eigenvalue weighted by molar-refractivity contribution is 14.0. The summed E-state index contributed by atoms with van der Waals surface area (Å²) in [5.74, 6) is 4.55. The molecule has 2 aromatic carbocycles. The van der Waals surface area contributed by atoms with Crippen LogP contribution < -0.4 is 25.0 Å². The molecule has 164 valence electrons. The van der Waals surface area contributed by atoms with Crippen LogP contribution in [0.15, 0.2) is 47.5 Å². The van der Waals surface area contributed by atoms with E-state index in [1.165, 1.54) is 22.8 Å². The lowest BCUT2D eigenvalue weighted by atomic mass is 10.2. The second-order valence-electron chi connectivity index (χ2n) is 6.62. The van der Waals surface area contributed by atoms with Gasteiger partial charge in [-0.1, -0.05) is 12.1 Å². The molecule has 0 unspecified atom stereocenters. The molecule has 0 radical (unpaired) electrons. The Labute approximate surface area is 200 Å². The van der Waals surface area contributed by atoms with E-state index in [0.29, 0.717) is 24.9 Å². The third-order valence-electron chi connectivity index (χ3n) is 4.72. The predicted molar refractivity (Wildman–Crippen MR) is 139 cm³/mol. The molecule has 6 nitrogen and oxygen atoms in total. The Morgan fingerprint density at radius 1 is 1.10 bits per heavy atom. The van der Waals surface area contributed by atoms with Crippen molar-refractivity contribution in [2.45, 2.75) is 13.5 Å². The highest BCUT2D eigenvalue weighted by Gasteiger charge is 2.11. The molecule has 3 rings (SSSR count). The van der Waals surface area contributed by atoms with Gasteiger partial charge in [-0.05, 0) is 36.8 Å². The molecule has 8 heteroatoms. The average Bonchev–Trinajstić information content (AvgIpc) is 2.78. The lowest BCUT2D eigenvalue weighted by Gasteiger charge is -2.28. The molecule has 0 amide bonds. The van der Waals surface area contributed by atoms with Gasteiger partial charge < -0.3 is 25.0 Å². The van der Waals surface area contributed by atoms with E-state index in [1.54, 1.807) is 14.2 Å². The number of hydrogen-bond acceptors (Lipinski definition) is 5. The zero-order valence-electron chi connectivity index (χ0n) is 17.8. The first kappa shape index (κ1) is 24.5. The lowest BCUT2D eigenvalue weighted by molar-refractivity contribution is 0.311. The standard InChI is InChI=1S/C22H30N4O2S.HI/c1-4-28-20-10-7-18(15-21(20)27-3)25-22(23-2)24-16-17-5-8-19(9-6-17)26-11-13-29-14-12-26;/h5-10,15H,4,11-14,16H2,1-3H3,(H2,23,24,25);1H. The molecule has 0 aromatic heterocycles. The minimum absolute atomic E-state index is 0. The smallest absolute Gasteiger partial charge is 0.195 e. The summed E-state index contributed by atoms with van der Waals surface area (Å²) in [5.41, 5.74) is 3.40. The van der Waals surface area contributed by atoms with Crippen molar-refractivity contribution in [1.29, 1.82) is 0 Å². The third kappa shape index (κ3) is 6.87. The van der Waals surface area contributed by atoms with E-state index >= 15 is 0 Å². The number of anilines is 2. The Kier molecular flexibility index (Phi) is 10.4. The quantitative estimate of drug-likeness (QED) is 0.307. The van der Waals surface area contributed by atoms with Gasteiger partial charge in [-0.2, -0.15) is 11.8 Å². The maximum atomic E-state index is 5.57. The number of ether oxygens (including phenoxy) is 2. The van der Waals surface area contributed by atoms with Crippen LogP contribution in [0.25, 0.3) is 0 Å². The van der Waals surface area contributed by atoms with Crippen molar-refractivity contribution in [2.75, 3.05) is 55.6 Å². The normalized spacial score (nSPS) is 14.0. The lowest BCUT2D eigenvalue weighted by Crippen LogP contribution is -2.32. The van der Waals surface area contributed by atoms with Crippen LogP contribution >= 0.6 is 35.7 Å². The van der Waals surface area contributed by atoms with Gasteiger partial charge in [0.2, 0.25) is 0 Å². The number of rotatable bonds is 7.